The van der Waals surface area contributed by atoms with Crippen LogP contribution in [0, 0.1) is 0 Å². The van der Waals surface area contributed by atoms with Crippen LogP contribution in [0.1, 0.15) is 10.5 Å². The Bertz CT molecular complexity index is 540. The summed E-state index contributed by atoms with van der Waals surface area (Å²) >= 11 is 3.36. The molecule has 0 bridgehead atoms. The van der Waals surface area contributed by atoms with Crippen LogP contribution in [0.25, 0.3) is 11.3 Å². The van der Waals surface area contributed by atoms with Crippen LogP contribution in [0.2, 0.25) is 0 Å². The number of rotatable bonds is 2. The molecule has 4 heteroatoms. The van der Waals surface area contributed by atoms with E-state index in [0.717, 1.165) is 15.7 Å². The maximum Gasteiger partial charge on any atom is 0.356 e. The molecule has 0 fully saturated rings. The van der Waals surface area contributed by atoms with Gasteiger partial charge in [0.05, 0.1) is 12.8 Å². The average molecular weight is 292 g/mol. The van der Waals surface area contributed by atoms with E-state index in [4.69, 9.17) is 0 Å². The summed E-state index contributed by atoms with van der Waals surface area (Å²) in [6.45, 7) is 0. The highest BCUT2D eigenvalue weighted by molar-refractivity contribution is 9.10. The molecule has 1 heterocycles. The van der Waals surface area contributed by atoms with E-state index in [-0.39, 0.29) is 0 Å². The number of carbonyl (C=O) groups is 1. The lowest BCUT2D eigenvalue weighted by molar-refractivity contribution is 0.0594. The SMILES string of the molecule is COC(=O)c1cc(Br)cc(-c2ccccc2)n1. The number of pyridine rings is 1. The fourth-order valence-electron chi connectivity index (χ4n) is 1.46. The summed E-state index contributed by atoms with van der Waals surface area (Å²) in [5, 5.41) is 0. The van der Waals surface area contributed by atoms with Crippen molar-refractivity contribution < 1.29 is 9.53 Å². The van der Waals surface area contributed by atoms with Crippen LogP contribution in [-0.4, -0.2) is 18.1 Å². The van der Waals surface area contributed by atoms with E-state index in [2.05, 4.69) is 25.7 Å². The first-order valence-corrected chi connectivity index (χ1v) is 5.81. The number of ether oxygens (including phenoxy) is 1. The van der Waals surface area contributed by atoms with Crippen LogP contribution in [0.5, 0.6) is 0 Å². The van der Waals surface area contributed by atoms with Gasteiger partial charge in [-0.1, -0.05) is 46.3 Å². The number of hydrogen-bond donors (Lipinski definition) is 0. The molecule has 0 saturated carbocycles. The normalized spacial score (nSPS) is 10.0. The van der Waals surface area contributed by atoms with Crippen LogP contribution in [-0.2, 0) is 4.74 Å². The van der Waals surface area contributed by atoms with Crippen LogP contribution in [0.3, 0.4) is 0 Å². The molecule has 2 aromatic rings. The summed E-state index contributed by atoms with van der Waals surface area (Å²) in [5.41, 5.74) is 1.99. The molecule has 0 atom stereocenters. The molecule has 2 rings (SSSR count). The maximum absolute atomic E-state index is 11.4. The second-order valence-electron chi connectivity index (χ2n) is 3.41. The van der Waals surface area contributed by atoms with E-state index in [1.807, 2.05) is 36.4 Å². The van der Waals surface area contributed by atoms with E-state index in [1.165, 1.54) is 7.11 Å². The summed E-state index contributed by atoms with van der Waals surface area (Å²) in [6, 6.07) is 13.2. The van der Waals surface area contributed by atoms with Gasteiger partial charge in [0.2, 0.25) is 0 Å². The van der Waals surface area contributed by atoms with Crippen molar-refractivity contribution in [3.63, 3.8) is 0 Å². The number of aromatic nitrogens is 1. The maximum atomic E-state index is 11.4. The average Bonchev–Trinajstić information content (AvgIpc) is 2.38. The lowest BCUT2D eigenvalue weighted by atomic mass is 10.1. The molecule has 3 nitrogen and oxygen atoms in total. The van der Waals surface area contributed by atoms with Crippen molar-refractivity contribution in [2.24, 2.45) is 0 Å². The molecule has 0 unspecified atom stereocenters. The monoisotopic (exact) mass is 291 g/mol. The molecule has 0 aliphatic heterocycles. The van der Waals surface area contributed by atoms with E-state index in [1.54, 1.807) is 6.07 Å². The van der Waals surface area contributed by atoms with Crippen molar-refractivity contribution in [3.05, 3.63) is 52.6 Å². The molecule has 0 aliphatic rings. The number of methoxy groups -OCH3 is 1. The highest BCUT2D eigenvalue weighted by atomic mass is 79.9. The predicted octanol–water partition coefficient (Wildman–Crippen LogP) is 3.30. The zero-order valence-corrected chi connectivity index (χ0v) is 10.8. The van der Waals surface area contributed by atoms with Crippen molar-refractivity contribution in [2.75, 3.05) is 7.11 Å². The minimum Gasteiger partial charge on any atom is -0.464 e. The molecule has 86 valence electrons. The third-order valence-electron chi connectivity index (χ3n) is 2.25. The molecule has 17 heavy (non-hydrogen) atoms. The fourth-order valence-corrected chi connectivity index (χ4v) is 1.90. The van der Waals surface area contributed by atoms with E-state index in [0.29, 0.717) is 5.69 Å². The lowest BCUT2D eigenvalue weighted by Gasteiger charge is -2.04. The molecule has 0 spiro atoms. The van der Waals surface area contributed by atoms with Crippen LogP contribution in [0.15, 0.2) is 46.9 Å². The molecular formula is C13H10BrNO2. The predicted molar refractivity (Wildman–Crippen MR) is 68.7 cm³/mol. The quantitative estimate of drug-likeness (QED) is 0.797. The van der Waals surface area contributed by atoms with Gasteiger partial charge in [-0.15, -0.1) is 0 Å². The molecule has 0 saturated heterocycles. The van der Waals surface area contributed by atoms with Crippen LogP contribution < -0.4 is 0 Å². The number of carbonyl (C=O) groups excluding carboxylic acids is 1. The van der Waals surface area contributed by atoms with Crippen molar-refractivity contribution >= 4 is 21.9 Å². The van der Waals surface area contributed by atoms with Crippen molar-refractivity contribution in [3.8, 4) is 11.3 Å². The number of esters is 1. The van der Waals surface area contributed by atoms with Gasteiger partial charge in [-0.2, -0.15) is 0 Å². The second-order valence-corrected chi connectivity index (χ2v) is 4.33. The van der Waals surface area contributed by atoms with Crippen molar-refractivity contribution in [1.29, 1.82) is 0 Å². The molecule has 0 N–H and O–H groups in total. The van der Waals surface area contributed by atoms with Gasteiger partial charge < -0.3 is 4.74 Å². The van der Waals surface area contributed by atoms with E-state index in [9.17, 15) is 4.79 Å². The third kappa shape index (κ3) is 2.71. The van der Waals surface area contributed by atoms with Gasteiger partial charge in [-0.3, -0.25) is 0 Å². The first-order chi connectivity index (χ1) is 8.20. The molecular weight excluding hydrogens is 282 g/mol. The standard InChI is InChI=1S/C13H10BrNO2/c1-17-13(16)12-8-10(14)7-11(15-12)9-5-3-2-4-6-9/h2-8H,1H3. The first kappa shape index (κ1) is 11.8. The Kier molecular flexibility index (Phi) is 3.54. The second kappa shape index (κ2) is 5.10. The Hall–Kier alpha value is -1.68. The summed E-state index contributed by atoms with van der Waals surface area (Å²) in [7, 11) is 1.34. The summed E-state index contributed by atoms with van der Waals surface area (Å²) in [6.07, 6.45) is 0. The van der Waals surface area contributed by atoms with Crippen LogP contribution in [0.4, 0.5) is 0 Å². The lowest BCUT2D eigenvalue weighted by Crippen LogP contribution is -2.04. The minimum absolute atomic E-state index is 0.292. The molecule has 0 amide bonds. The number of halogens is 1. The molecule has 0 radical (unpaired) electrons. The highest BCUT2D eigenvalue weighted by Crippen LogP contribution is 2.22. The summed E-state index contributed by atoms with van der Waals surface area (Å²) in [4.78, 5) is 15.7. The Morgan fingerprint density at radius 1 is 1.24 bits per heavy atom. The Balaban J connectivity index is 2.49. The fraction of sp³-hybridized carbons (Fsp3) is 0.0769. The molecule has 0 aliphatic carbocycles. The van der Waals surface area contributed by atoms with Gasteiger partial charge in [0, 0.05) is 10.0 Å². The first-order valence-electron chi connectivity index (χ1n) is 5.02. The topological polar surface area (TPSA) is 39.2 Å². The zero-order chi connectivity index (χ0) is 12.3. The van der Waals surface area contributed by atoms with Crippen molar-refractivity contribution in [2.45, 2.75) is 0 Å². The summed E-state index contributed by atoms with van der Waals surface area (Å²) in [5.74, 6) is -0.441. The highest BCUT2D eigenvalue weighted by Gasteiger charge is 2.10. The zero-order valence-electron chi connectivity index (χ0n) is 9.18. The summed E-state index contributed by atoms with van der Waals surface area (Å²) < 4.78 is 5.46. The minimum atomic E-state index is -0.441. The van der Waals surface area contributed by atoms with Crippen LogP contribution >= 0.6 is 15.9 Å². The van der Waals surface area contributed by atoms with Gasteiger partial charge in [0.25, 0.3) is 0 Å². The van der Waals surface area contributed by atoms with E-state index >= 15 is 0 Å². The molecule has 1 aromatic carbocycles. The number of nitrogens with zero attached hydrogens (tertiary/aromatic N) is 1. The number of benzene rings is 1. The Morgan fingerprint density at radius 3 is 2.59 bits per heavy atom. The largest absolute Gasteiger partial charge is 0.464 e. The number of hydrogen-bond acceptors (Lipinski definition) is 3. The van der Waals surface area contributed by atoms with E-state index < -0.39 is 5.97 Å². The van der Waals surface area contributed by atoms with Crippen molar-refractivity contribution in [1.82, 2.24) is 4.98 Å². The van der Waals surface area contributed by atoms with Gasteiger partial charge in [-0.05, 0) is 12.1 Å². The third-order valence-corrected chi connectivity index (χ3v) is 2.71. The smallest absolute Gasteiger partial charge is 0.356 e. The van der Waals surface area contributed by atoms with Gasteiger partial charge in [0.15, 0.2) is 0 Å². The Morgan fingerprint density at radius 2 is 1.94 bits per heavy atom. The van der Waals surface area contributed by atoms with Gasteiger partial charge in [0.1, 0.15) is 5.69 Å². The molecule has 1 aromatic heterocycles. The van der Waals surface area contributed by atoms with Gasteiger partial charge >= 0.3 is 5.97 Å². The Labute approximate surface area is 108 Å². The van der Waals surface area contributed by atoms with Gasteiger partial charge in [-0.25, -0.2) is 9.78 Å².